The predicted molar refractivity (Wildman–Crippen MR) is 50.2 cm³/mol. The summed E-state index contributed by atoms with van der Waals surface area (Å²) in [6, 6.07) is 1.25. The predicted octanol–water partition coefficient (Wildman–Crippen LogP) is 0.00310. The molecule has 0 aliphatic carbocycles. The highest BCUT2D eigenvalue weighted by Gasteiger charge is 2.30. The average molecular weight is 172 g/mol. The minimum absolute atomic E-state index is 0.267. The van der Waals surface area contributed by atoms with Crippen LogP contribution >= 0.6 is 0 Å². The van der Waals surface area contributed by atoms with Crippen LogP contribution in [-0.2, 0) is 0 Å². The fourth-order valence-corrected chi connectivity index (χ4v) is 1.99. The Bertz CT molecular complexity index is 140. The lowest BCUT2D eigenvalue weighted by Gasteiger charge is -2.28. The Morgan fingerprint density at radius 1 is 1.58 bits per heavy atom. The molecule has 1 rings (SSSR count). The third kappa shape index (κ3) is 1.97. The van der Waals surface area contributed by atoms with E-state index in [1.165, 1.54) is 13.0 Å². The number of hydrogen-bond donors (Lipinski definition) is 1. The zero-order valence-electron chi connectivity index (χ0n) is 8.32. The van der Waals surface area contributed by atoms with E-state index in [0.29, 0.717) is 12.1 Å². The SMILES string of the molecule is C[C@@H]1[C@H](N(C)CCO)CCN1C. The Morgan fingerprint density at radius 2 is 2.25 bits per heavy atom. The molecule has 1 heterocycles. The molecule has 2 atom stereocenters. The molecule has 0 unspecified atom stereocenters. The van der Waals surface area contributed by atoms with Gasteiger partial charge in [-0.25, -0.2) is 0 Å². The fourth-order valence-electron chi connectivity index (χ4n) is 1.99. The third-order valence-corrected chi connectivity index (χ3v) is 3.05. The molecule has 1 fully saturated rings. The van der Waals surface area contributed by atoms with Crippen molar-refractivity contribution in [3.8, 4) is 0 Å². The van der Waals surface area contributed by atoms with Crippen LogP contribution in [0.1, 0.15) is 13.3 Å². The van der Waals surface area contributed by atoms with Crippen molar-refractivity contribution in [1.29, 1.82) is 0 Å². The summed E-state index contributed by atoms with van der Waals surface area (Å²) in [4.78, 5) is 4.63. The summed E-state index contributed by atoms with van der Waals surface area (Å²) in [6.07, 6.45) is 1.23. The van der Waals surface area contributed by atoms with Crippen molar-refractivity contribution in [1.82, 2.24) is 9.80 Å². The lowest BCUT2D eigenvalue weighted by Crippen LogP contribution is -2.41. The second-order valence-electron chi connectivity index (χ2n) is 3.78. The number of hydrogen-bond acceptors (Lipinski definition) is 3. The summed E-state index contributed by atoms with van der Waals surface area (Å²) in [7, 11) is 4.26. The first-order valence-electron chi connectivity index (χ1n) is 4.68. The Balaban J connectivity index is 2.41. The largest absolute Gasteiger partial charge is 0.395 e. The minimum Gasteiger partial charge on any atom is -0.395 e. The Kier molecular flexibility index (Phi) is 3.50. The van der Waals surface area contributed by atoms with Gasteiger partial charge < -0.3 is 10.0 Å². The summed E-state index contributed by atoms with van der Waals surface area (Å²) >= 11 is 0. The van der Waals surface area contributed by atoms with Gasteiger partial charge in [-0.3, -0.25) is 4.90 Å². The number of likely N-dealkylation sites (N-methyl/N-ethyl adjacent to an activating group) is 2. The van der Waals surface area contributed by atoms with Crippen LogP contribution in [-0.4, -0.2) is 60.8 Å². The second kappa shape index (κ2) is 4.21. The molecule has 0 aromatic rings. The van der Waals surface area contributed by atoms with E-state index in [-0.39, 0.29) is 6.61 Å². The van der Waals surface area contributed by atoms with E-state index in [4.69, 9.17) is 5.11 Å². The zero-order chi connectivity index (χ0) is 9.14. The lowest BCUT2D eigenvalue weighted by molar-refractivity contribution is 0.155. The Hall–Kier alpha value is -0.120. The normalized spacial score (nSPS) is 31.8. The summed E-state index contributed by atoms with van der Waals surface area (Å²) < 4.78 is 0. The standard InChI is InChI=1S/C9H20N2O/c1-8-9(4-5-10(8)2)11(3)6-7-12/h8-9,12H,4-7H2,1-3H3/t8-,9-/m1/s1. The molecule has 1 N–H and O–H groups in total. The molecule has 0 amide bonds. The molecule has 0 saturated carbocycles. The van der Waals surface area contributed by atoms with Crippen LogP contribution in [0.5, 0.6) is 0 Å². The van der Waals surface area contributed by atoms with E-state index in [9.17, 15) is 0 Å². The molecule has 0 spiro atoms. The molecule has 72 valence electrons. The number of likely N-dealkylation sites (tertiary alicyclic amines) is 1. The highest BCUT2D eigenvalue weighted by atomic mass is 16.3. The smallest absolute Gasteiger partial charge is 0.0558 e. The Labute approximate surface area is 75.0 Å². The van der Waals surface area contributed by atoms with Crippen LogP contribution in [0.2, 0.25) is 0 Å². The molecule has 0 bridgehead atoms. The first-order valence-corrected chi connectivity index (χ1v) is 4.68. The number of aliphatic hydroxyl groups is 1. The van der Waals surface area contributed by atoms with Crippen molar-refractivity contribution in [2.24, 2.45) is 0 Å². The van der Waals surface area contributed by atoms with Gasteiger partial charge in [-0.1, -0.05) is 0 Å². The van der Waals surface area contributed by atoms with Crippen molar-refractivity contribution in [3.63, 3.8) is 0 Å². The molecular formula is C9H20N2O. The van der Waals surface area contributed by atoms with Crippen LogP contribution in [0, 0.1) is 0 Å². The molecule has 0 radical (unpaired) electrons. The number of aliphatic hydroxyl groups excluding tert-OH is 1. The first-order chi connectivity index (χ1) is 5.66. The van der Waals surface area contributed by atoms with E-state index in [0.717, 1.165) is 6.54 Å². The van der Waals surface area contributed by atoms with Gasteiger partial charge in [0.1, 0.15) is 0 Å². The minimum atomic E-state index is 0.267. The van der Waals surface area contributed by atoms with Crippen LogP contribution in [0.4, 0.5) is 0 Å². The van der Waals surface area contributed by atoms with Gasteiger partial charge >= 0.3 is 0 Å². The monoisotopic (exact) mass is 172 g/mol. The quantitative estimate of drug-likeness (QED) is 0.649. The highest BCUT2D eigenvalue weighted by molar-refractivity contribution is 4.87. The van der Waals surface area contributed by atoms with Crippen LogP contribution < -0.4 is 0 Å². The van der Waals surface area contributed by atoms with Crippen molar-refractivity contribution < 1.29 is 5.11 Å². The first kappa shape index (κ1) is 9.96. The number of nitrogens with zero attached hydrogens (tertiary/aromatic N) is 2. The van der Waals surface area contributed by atoms with Gasteiger partial charge in [0.2, 0.25) is 0 Å². The van der Waals surface area contributed by atoms with E-state index >= 15 is 0 Å². The van der Waals surface area contributed by atoms with E-state index in [1.807, 2.05) is 0 Å². The molecular weight excluding hydrogens is 152 g/mol. The van der Waals surface area contributed by atoms with Gasteiger partial charge in [0.25, 0.3) is 0 Å². The van der Waals surface area contributed by atoms with Gasteiger partial charge in [0, 0.05) is 18.6 Å². The molecule has 0 aromatic carbocycles. The van der Waals surface area contributed by atoms with Gasteiger partial charge in [0.15, 0.2) is 0 Å². The zero-order valence-corrected chi connectivity index (χ0v) is 8.32. The summed E-state index contributed by atoms with van der Waals surface area (Å²) in [5, 5.41) is 8.79. The van der Waals surface area contributed by atoms with Gasteiger partial charge in [-0.05, 0) is 34.0 Å². The molecule has 12 heavy (non-hydrogen) atoms. The summed E-state index contributed by atoms with van der Waals surface area (Å²) in [5.74, 6) is 0. The van der Waals surface area contributed by atoms with Crippen LogP contribution in [0.15, 0.2) is 0 Å². The van der Waals surface area contributed by atoms with Crippen molar-refractivity contribution in [2.75, 3.05) is 33.8 Å². The maximum atomic E-state index is 8.79. The molecule has 3 nitrogen and oxygen atoms in total. The van der Waals surface area contributed by atoms with Crippen molar-refractivity contribution in [2.45, 2.75) is 25.4 Å². The molecule has 0 aromatic heterocycles. The topological polar surface area (TPSA) is 26.7 Å². The van der Waals surface area contributed by atoms with E-state index in [2.05, 4.69) is 30.8 Å². The van der Waals surface area contributed by atoms with Crippen molar-refractivity contribution >= 4 is 0 Å². The molecule has 1 saturated heterocycles. The second-order valence-corrected chi connectivity index (χ2v) is 3.78. The lowest BCUT2D eigenvalue weighted by atomic mass is 10.1. The van der Waals surface area contributed by atoms with Crippen LogP contribution in [0.3, 0.4) is 0 Å². The fraction of sp³-hybridized carbons (Fsp3) is 1.00. The molecule has 1 aliphatic rings. The van der Waals surface area contributed by atoms with E-state index < -0.39 is 0 Å². The highest BCUT2D eigenvalue weighted by Crippen LogP contribution is 2.19. The average Bonchev–Trinajstić information content (AvgIpc) is 2.34. The summed E-state index contributed by atoms with van der Waals surface area (Å²) in [6.45, 7) is 4.50. The van der Waals surface area contributed by atoms with Crippen molar-refractivity contribution in [3.05, 3.63) is 0 Å². The maximum absolute atomic E-state index is 8.79. The number of rotatable bonds is 3. The molecule has 3 heteroatoms. The van der Waals surface area contributed by atoms with Crippen LogP contribution in [0.25, 0.3) is 0 Å². The third-order valence-electron chi connectivity index (χ3n) is 3.05. The Morgan fingerprint density at radius 3 is 2.67 bits per heavy atom. The van der Waals surface area contributed by atoms with E-state index in [1.54, 1.807) is 0 Å². The molecule has 1 aliphatic heterocycles. The van der Waals surface area contributed by atoms with Gasteiger partial charge in [0.05, 0.1) is 6.61 Å². The maximum Gasteiger partial charge on any atom is 0.0558 e. The summed E-state index contributed by atoms with van der Waals surface area (Å²) in [5.41, 5.74) is 0. The van der Waals surface area contributed by atoms with Gasteiger partial charge in [-0.2, -0.15) is 0 Å². The van der Waals surface area contributed by atoms with Gasteiger partial charge in [-0.15, -0.1) is 0 Å².